The number of carboxylic acid groups (broad SMARTS) is 1. The van der Waals surface area contributed by atoms with Crippen molar-refractivity contribution in [3.63, 3.8) is 0 Å². The molecule has 4 nitrogen and oxygen atoms in total. The van der Waals surface area contributed by atoms with E-state index in [2.05, 4.69) is 6.92 Å². The Morgan fingerprint density at radius 1 is 1.43 bits per heavy atom. The molecule has 0 aliphatic carbocycles. The van der Waals surface area contributed by atoms with Gasteiger partial charge >= 0.3 is 14.0 Å². The van der Waals surface area contributed by atoms with Crippen molar-refractivity contribution in [2.24, 2.45) is 0 Å². The highest BCUT2D eigenvalue weighted by Crippen LogP contribution is 2.18. The number of carboxylic acids is 1. The van der Waals surface area contributed by atoms with Gasteiger partial charge in [0, 0.05) is 0 Å². The van der Waals surface area contributed by atoms with Gasteiger partial charge in [0.05, 0.1) is 5.57 Å². The molecule has 0 aliphatic heterocycles. The first-order valence-corrected chi connectivity index (χ1v) is 6.03. The van der Waals surface area contributed by atoms with Crippen LogP contribution in [0, 0.1) is 0 Å². The zero-order chi connectivity index (χ0) is 11.0. The van der Waals surface area contributed by atoms with Gasteiger partial charge in [0.2, 0.25) is 6.16 Å². The van der Waals surface area contributed by atoms with Crippen LogP contribution in [0.5, 0.6) is 0 Å². The van der Waals surface area contributed by atoms with Crippen molar-refractivity contribution in [3.05, 3.63) is 11.6 Å². The van der Waals surface area contributed by atoms with Crippen LogP contribution in [0.15, 0.2) is 11.6 Å². The number of rotatable bonds is 7. The molecule has 0 fully saturated rings. The Morgan fingerprint density at radius 3 is 2.50 bits per heavy atom. The van der Waals surface area contributed by atoms with Crippen molar-refractivity contribution in [3.8, 4) is 0 Å². The molecule has 0 saturated heterocycles. The second kappa shape index (κ2) is 7.65. The lowest BCUT2D eigenvalue weighted by molar-refractivity contribution is -0.132. The van der Waals surface area contributed by atoms with Gasteiger partial charge in [-0.15, -0.1) is 0 Å². The van der Waals surface area contributed by atoms with Crippen LogP contribution in [0.2, 0.25) is 0 Å². The molecule has 0 rings (SSSR count). The number of hydrogen-bond acceptors (Lipinski definition) is 2. The van der Waals surface area contributed by atoms with Gasteiger partial charge in [0.1, 0.15) is 0 Å². The van der Waals surface area contributed by atoms with Crippen LogP contribution in [0.3, 0.4) is 0 Å². The maximum absolute atomic E-state index is 10.6. The van der Waals surface area contributed by atoms with Crippen LogP contribution >= 0.6 is 8.03 Å². The summed E-state index contributed by atoms with van der Waals surface area (Å²) in [5.74, 6) is -1.10. The van der Waals surface area contributed by atoms with Crippen molar-refractivity contribution < 1.29 is 19.4 Å². The molecule has 0 amide bonds. The number of hydrogen-bond donors (Lipinski definition) is 2. The van der Waals surface area contributed by atoms with Crippen LogP contribution in [0.25, 0.3) is 0 Å². The first-order chi connectivity index (χ1) is 6.57. The van der Waals surface area contributed by atoms with Crippen molar-refractivity contribution >= 4 is 14.0 Å². The molecule has 5 heteroatoms. The minimum Gasteiger partial charge on any atom is -0.478 e. The summed E-state index contributed by atoms with van der Waals surface area (Å²) in [4.78, 5) is 19.2. The predicted molar refractivity (Wildman–Crippen MR) is 54.6 cm³/mol. The lowest BCUT2D eigenvalue weighted by Crippen LogP contribution is -2.03. The van der Waals surface area contributed by atoms with Crippen molar-refractivity contribution in [1.29, 1.82) is 0 Å². The molecule has 14 heavy (non-hydrogen) atoms. The molecular weight excluding hydrogens is 203 g/mol. The summed E-state index contributed by atoms with van der Waals surface area (Å²) in [5.41, 5.74) is 0.0460. The zero-order valence-electron chi connectivity index (χ0n) is 8.27. The van der Waals surface area contributed by atoms with E-state index in [1.54, 1.807) is 6.08 Å². The monoisotopic (exact) mass is 219 g/mol. The van der Waals surface area contributed by atoms with E-state index in [9.17, 15) is 9.36 Å². The van der Waals surface area contributed by atoms with E-state index in [0.717, 1.165) is 19.3 Å². The topological polar surface area (TPSA) is 74.6 Å². The highest BCUT2D eigenvalue weighted by Gasteiger charge is 2.19. The normalized spacial score (nSPS) is 12.7. The van der Waals surface area contributed by atoms with Crippen molar-refractivity contribution in [2.45, 2.75) is 32.6 Å². The van der Waals surface area contributed by atoms with Gasteiger partial charge in [-0.05, 0) is 17.4 Å². The smallest absolute Gasteiger partial charge is 0.478 e. The highest BCUT2D eigenvalue weighted by molar-refractivity contribution is 7.38. The van der Waals surface area contributed by atoms with E-state index in [1.807, 2.05) is 0 Å². The lowest BCUT2D eigenvalue weighted by atomic mass is 10.1. The van der Waals surface area contributed by atoms with Crippen LogP contribution in [-0.2, 0) is 9.36 Å². The quantitative estimate of drug-likeness (QED) is 0.391. The summed E-state index contributed by atoms with van der Waals surface area (Å²) >= 11 is 0. The SMILES string of the molecule is CCCCCC=C(C[P+](=O)O)C(=O)O. The highest BCUT2D eigenvalue weighted by atomic mass is 31.1. The summed E-state index contributed by atoms with van der Waals surface area (Å²) in [5, 5.41) is 8.67. The number of aliphatic carboxylic acids is 1. The Labute approximate surface area is 84.5 Å². The standard InChI is InChI=1S/C9H15O4P/c1-2-3-4-5-6-8(9(10)11)7-14(12)13/h6H,2-5,7H2,1H3,(H-,10,11,12,13)/p+1. The van der Waals surface area contributed by atoms with E-state index in [0.29, 0.717) is 6.42 Å². The van der Waals surface area contributed by atoms with Gasteiger partial charge in [0.25, 0.3) is 0 Å². The Hall–Kier alpha value is -0.730. The van der Waals surface area contributed by atoms with Crippen LogP contribution < -0.4 is 0 Å². The van der Waals surface area contributed by atoms with E-state index in [-0.39, 0.29) is 11.7 Å². The van der Waals surface area contributed by atoms with Crippen molar-refractivity contribution in [2.75, 3.05) is 6.16 Å². The molecule has 0 aromatic rings. The van der Waals surface area contributed by atoms with Crippen LogP contribution in [0.4, 0.5) is 0 Å². The van der Waals surface area contributed by atoms with E-state index >= 15 is 0 Å². The van der Waals surface area contributed by atoms with Gasteiger partial charge in [0.15, 0.2) is 0 Å². The summed E-state index contributed by atoms with van der Waals surface area (Å²) in [6.07, 6.45) is 5.01. The molecule has 80 valence electrons. The van der Waals surface area contributed by atoms with E-state index in [4.69, 9.17) is 10.00 Å². The first kappa shape index (κ1) is 13.3. The predicted octanol–water partition coefficient (Wildman–Crippen LogP) is 2.31. The Morgan fingerprint density at radius 2 is 2.07 bits per heavy atom. The van der Waals surface area contributed by atoms with Crippen LogP contribution in [-0.4, -0.2) is 22.1 Å². The summed E-state index contributed by atoms with van der Waals surface area (Å²) in [6.45, 7) is 2.06. The Balaban J connectivity index is 4.06. The lowest BCUT2D eigenvalue weighted by Gasteiger charge is -1.94. The molecule has 0 aromatic heterocycles. The second-order valence-electron chi connectivity index (χ2n) is 3.04. The molecule has 0 bridgehead atoms. The molecular formula is C9H16O4P+. The fraction of sp³-hybridized carbons (Fsp3) is 0.667. The molecule has 2 N–H and O–H groups in total. The van der Waals surface area contributed by atoms with Crippen molar-refractivity contribution in [1.82, 2.24) is 0 Å². The summed E-state index contributed by atoms with van der Waals surface area (Å²) in [7, 11) is -2.40. The average Bonchev–Trinajstić information content (AvgIpc) is 2.09. The molecule has 0 saturated carbocycles. The second-order valence-corrected chi connectivity index (χ2v) is 4.06. The molecule has 0 spiro atoms. The van der Waals surface area contributed by atoms with Gasteiger partial charge in [-0.2, -0.15) is 4.89 Å². The third kappa shape index (κ3) is 6.75. The Kier molecular flexibility index (Phi) is 7.25. The number of carbonyl (C=O) groups is 1. The Bertz CT molecular complexity index is 235. The molecule has 0 aliphatic rings. The van der Waals surface area contributed by atoms with Gasteiger partial charge in [-0.25, -0.2) is 4.79 Å². The molecule has 1 atom stereocenters. The summed E-state index contributed by atoms with van der Waals surface area (Å²) < 4.78 is 10.4. The molecule has 0 heterocycles. The third-order valence-corrected chi connectivity index (χ3v) is 2.39. The molecule has 1 unspecified atom stereocenters. The van der Waals surface area contributed by atoms with Crippen LogP contribution in [0.1, 0.15) is 32.6 Å². The summed E-state index contributed by atoms with van der Waals surface area (Å²) in [6, 6.07) is 0. The maximum atomic E-state index is 10.6. The van der Waals surface area contributed by atoms with Gasteiger partial charge in [-0.3, -0.25) is 0 Å². The minimum atomic E-state index is -2.40. The maximum Gasteiger partial charge on any atom is 0.510 e. The van der Waals surface area contributed by atoms with E-state index in [1.165, 1.54) is 0 Å². The molecule has 0 radical (unpaired) electrons. The fourth-order valence-electron chi connectivity index (χ4n) is 1.04. The number of allylic oxidation sites excluding steroid dienone is 1. The number of unbranched alkanes of at least 4 members (excludes halogenated alkanes) is 3. The van der Waals surface area contributed by atoms with E-state index < -0.39 is 14.0 Å². The minimum absolute atomic E-state index is 0.0460. The molecule has 0 aromatic carbocycles. The fourth-order valence-corrected chi connectivity index (χ4v) is 1.59. The zero-order valence-corrected chi connectivity index (χ0v) is 9.17. The average molecular weight is 219 g/mol. The van der Waals surface area contributed by atoms with Gasteiger partial charge in [-0.1, -0.05) is 25.8 Å². The third-order valence-electron chi connectivity index (χ3n) is 1.78. The first-order valence-electron chi connectivity index (χ1n) is 4.63. The van der Waals surface area contributed by atoms with Gasteiger partial charge < -0.3 is 5.11 Å². The largest absolute Gasteiger partial charge is 0.510 e.